The van der Waals surface area contributed by atoms with E-state index in [-0.39, 0.29) is 30.7 Å². The van der Waals surface area contributed by atoms with Crippen LogP contribution in [0.2, 0.25) is 0 Å². The first-order valence-electron chi connectivity index (χ1n) is 6.68. The SMILES string of the molecule is CCCC(CN)C(=O)NCc1ccc(OC(F)(F)F)cc1. The average Bonchev–Trinajstić information content (AvgIpc) is 2.42. The highest BCUT2D eigenvalue weighted by Crippen LogP contribution is 2.22. The van der Waals surface area contributed by atoms with Gasteiger partial charge in [-0.3, -0.25) is 4.79 Å². The highest BCUT2D eigenvalue weighted by atomic mass is 19.4. The van der Waals surface area contributed by atoms with Crippen molar-refractivity contribution in [3.63, 3.8) is 0 Å². The fourth-order valence-electron chi connectivity index (χ4n) is 1.85. The number of halogens is 3. The van der Waals surface area contributed by atoms with Gasteiger partial charge in [-0.25, -0.2) is 0 Å². The maximum Gasteiger partial charge on any atom is 0.573 e. The van der Waals surface area contributed by atoms with Gasteiger partial charge < -0.3 is 15.8 Å². The molecule has 0 radical (unpaired) electrons. The van der Waals surface area contributed by atoms with Gasteiger partial charge in [-0.05, 0) is 24.1 Å². The standard InChI is InChI=1S/C14H19F3N2O2/c1-2-3-11(8-18)13(20)19-9-10-4-6-12(7-5-10)21-14(15,16)17/h4-7,11H,2-3,8-9,18H2,1H3,(H,19,20). The Morgan fingerprint density at radius 1 is 1.33 bits per heavy atom. The Morgan fingerprint density at radius 3 is 2.43 bits per heavy atom. The van der Waals surface area contributed by atoms with Crippen LogP contribution in [0.25, 0.3) is 0 Å². The fraction of sp³-hybridized carbons (Fsp3) is 0.500. The molecule has 1 aromatic carbocycles. The molecule has 0 heterocycles. The maximum atomic E-state index is 12.0. The third kappa shape index (κ3) is 6.48. The summed E-state index contributed by atoms with van der Waals surface area (Å²) in [6, 6.07) is 5.36. The molecule has 0 aromatic heterocycles. The molecule has 1 rings (SSSR count). The number of carbonyl (C=O) groups is 1. The summed E-state index contributed by atoms with van der Waals surface area (Å²) in [5, 5.41) is 2.72. The number of carbonyl (C=O) groups excluding carboxylic acids is 1. The van der Waals surface area contributed by atoms with Crippen molar-refractivity contribution < 1.29 is 22.7 Å². The lowest BCUT2D eigenvalue weighted by molar-refractivity contribution is -0.274. The third-order valence-corrected chi connectivity index (χ3v) is 2.92. The summed E-state index contributed by atoms with van der Waals surface area (Å²) < 4.78 is 39.8. The summed E-state index contributed by atoms with van der Waals surface area (Å²) in [6.07, 6.45) is -3.14. The Morgan fingerprint density at radius 2 is 1.95 bits per heavy atom. The first kappa shape index (κ1) is 17.3. The summed E-state index contributed by atoms with van der Waals surface area (Å²) >= 11 is 0. The van der Waals surface area contributed by atoms with Crippen molar-refractivity contribution in [2.45, 2.75) is 32.7 Å². The Bertz CT molecular complexity index is 447. The Labute approximate surface area is 121 Å². The van der Waals surface area contributed by atoms with Gasteiger partial charge >= 0.3 is 6.36 Å². The number of nitrogens with one attached hydrogen (secondary N) is 1. The Kier molecular flexibility index (Phi) is 6.48. The number of hydrogen-bond donors (Lipinski definition) is 2. The van der Waals surface area contributed by atoms with Crippen molar-refractivity contribution in [2.75, 3.05) is 6.54 Å². The van der Waals surface area contributed by atoms with Crippen LogP contribution in [0.5, 0.6) is 5.75 Å². The van der Waals surface area contributed by atoms with Gasteiger partial charge in [-0.1, -0.05) is 25.5 Å². The number of alkyl halides is 3. The van der Waals surface area contributed by atoms with Gasteiger partial charge in [0.05, 0.1) is 5.92 Å². The number of benzene rings is 1. The van der Waals surface area contributed by atoms with Gasteiger partial charge in [-0.2, -0.15) is 0 Å². The number of rotatable bonds is 7. The van der Waals surface area contributed by atoms with Crippen LogP contribution in [0, 0.1) is 5.92 Å². The van der Waals surface area contributed by atoms with Crippen LogP contribution >= 0.6 is 0 Å². The van der Waals surface area contributed by atoms with E-state index in [1.54, 1.807) is 0 Å². The van der Waals surface area contributed by atoms with Gasteiger partial charge in [-0.15, -0.1) is 13.2 Å². The minimum atomic E-state index is -4.70. The molecule has 3 N–H and O–H groups in total. The topological polar surface area (TPSA) is 64.4 Å². The van der Waals surface area contributed by atoms with Crippen LogP contribution < -0.4 is 15.8 Å². The van der Waals surface area contributed by atoms with Crippen LogP contribution in [-0.2, 0) is 11.3 Å². The van der Waals surface area contributed by atoms with Crippen molar-refractivity contribution in [3.8, 4) is 5.75 Å². The second kappa shape index (κ2) is 7.87. The van der Waals surface area contributed by atoms with Crippen molar-refractivity contribution in [1.29, 1.82) is 0 Å². The predicted octanol–water partition coefficient (Wildman–Crippen LogP) is 2.58. The minimum Gasteiger partial charge on any atom is -0.406 e. The first-order chi connectivity index (χ1) is 9.85. The molecule has 7 heteroatoms. The van der Waals surface area contributed by atoms with E-state index in [9.17, 15) is 18.0 Å². The lowest BCUT2D eigenvalue weighted by Crippen LogP contribution is -2.34. The van der Waals surface area contributed by atoms with Gasteiger partial charge in [0.2, 0.25) is 5.91 Å². The molecule has 0 saturated heterocycles. The molecule has 1 amide bonds. The monoisotopic (exact) mass is 304 g/mol. The number of nitrogens with two attached hydrogens (primary N) is 1. The largest absolute Gasteiger partial charge is 0.573 e. The smallest absolute Gasteiger partial charge is 0.406 e. The molecule has 1 aromatic rings. The van der Waals surface area contributed by atoms with Crippen LogP contribution in [0.1, 0.15) is 25.3 Å². The van der Waals surface area contributed by atoms with Crippen molar-refractivity contribution in [1.82, 2.24) is 5.32 Å². The van der Waals surface area contributed by atoms with Gasteiger partial charge in [0.15, 0.2) is 0 Å². The molecule has 0 aliphatic heterocycles. The Hall–Kier alpha value is -1.76. The van der Waals surface area contributed by atoms with E-state index in [0.29, 0.717) is 12.0 Å². The number of hydrogen-bond acceptors (Lipinski definition) is 3. The van der Waals surface area contributed by atoms with Gasteiger partial charge in [0.25, 0.3) is 0 Å². The Balaban J connectivity index is 2.51. The van der Waals surface area contributed by atoms with Gasteiger partial charge in [0.1, 0.15) is 5.75 Å². The highest BCUT2D eigenvalue weighted by Gasteiger charge is 2.30. The lowest BCUT2D eigenvalue weighted by Gasteiger charge is -2.14. The molecular formula is C14H19F3N2O2. The highest BCUT2D eigenvalue weighted by molar-refractivity contribution is 5.78. The van der Waals surface area contributed by atoms with Crippen LogP contribution in [-0.4, -0.2) is 18.8 Å². The summed E-state index contributed by atoms with van der Waals surface area (Å²) in [6.45, 7) is 2.48. The molecule has 0 saturated carbocycles. The molecule has 4 nitrogen and oxygen atoms in total. The normalized spacial score (nSPS) is 12.8. The second-order valence-electron chi connectivity index (χ2n) is 4.63. The van der Waals surface area contributed by atoms with Crippen molar-refractivity contribution in [3.05, 3.63) is 29.8 Å². The van der Waals surface area contributed by atoms with E-state index >= 15 is 0 Å². The predicted molar refractivity (Wildman–Crippen MR) is 72.4 cm³/mol. The average molecular weight is 304 g/mol. The van der Waals surface area contributed by atoms with Crippen LogP contribution in [0.3, 0.4) is 0 Å². The summed E-state index contributed by atoms with van der Waals surface area (Å²) in [5.41, 5.74) is 6.21. The van der Waals surface area contributed by atoms with E-state index in [0.717, 1.165) is 6.42 Å². The van der Waals surface area contributed by atoms with Gasteiger partial charge in [0, 0.05) is 13.1 Å². The maximum absolute atomic E-state index is 12.0. The second-order valence-corrected chi connectivity index (χ2v) is 4.63. The molecule has 1 atom stereocenters. The summed E-state index contributed by atoms with van der Waals surface area (Å²) in [4.78, 5) is 11.8. The molecule has 0 aliphatic carbocycles. The molecule has 0 aliphatic rings. The van der Waals surface area contributed by atoms with E-state index in [4.69, 9.17) is 5.73 Å². The fourth-order valence-corrected chi connectivity index (χ4v) is 1.85. The molecule has 1 unspecified atom stereocenters. The van der Waals surface area contributed by atoms with E-state index < -0.39 is 6.36 Å². The molecule has 118 valence electrons. The number of ether oxygens (including phenoxy) is 1. The van der Waals surface area contributed by atoms with Crippen LogP contribution in [0.15, 0.2) is 24.3 Å². The molecule has 21 heavy (non-hydrogen) atoms. The molecular weight excluding hydrogens is 285 g/mol. The lowest BCUT2D eigenvalue weighted by atomic mass is 10.0. The third-order valence-electron chi connectivity index (χ3n) is 2.92. The first-order valence-corrected chi connectivity index (χ1v) is 6.68. The van der Waals surface area contributed by atoms with Crippen LogP contribution in [0.4, 0.5) is 13.2 Å². The zero-order valence-corrected chi connectivity index (χ0v) is 11.7. The quantitative estimate of drug-likeness (QED) is 0.814. The van der Waals surface area contributed by atoms with E-state index in [1.807, 2.05) is 6.92 Å². The molecule has 0 spiro atoms. The molecule has 0 fully saturated rings. The zero-order valence-electron chi connectivity index (χ0n) is 11.7. The number of amides is 1. The van der Waals surface area contributed by atoms with Crippen molar-refractivity contribution >= 4 is 5.91 Å². The zero-order chi connectivity index (χ0) is 15.9. The van der Waals surface area contributed by atoms with Crippen molar-refractivity contribution in [2.24, 2.45) is 11.7 Å². The summed E-state index contributed by atoms with van der Waals surface area (Å²) in [7, 11) is 0. The summed E-state index contributed by atoms with van der Waals surface area (Å²) in [5.74, 6) is -0.666. The van der Waals surface area contributed by atoms with E-state index in [1.165, 1.54) is 24.3 Å². The van der Waals surface area contributed by atoms with E-state index in [2.05, 4.69) is 10.1 Å². The minimum absolute atomic E-state index is 0.144. The molecule has 0 bridgehead atoms.